The van der Waals surface area contributed by atoms with Gasteiger partial charge in [0.15, 0.2) is 0 Å². The molecule has 0 aromatic heterocycles. The number of nitrogen functional groups attached to an aromatic ring is 1. The minimum Gasteiger partial charge on any atom is -0.398 e. The number of hydrogen-bond donors (Lipinski definition) is 1. The summed E-state index contributed by atoms with van der Waals surface area (Å²) in [6.07, 6.45) is 15.6. The van der Waals surface area contributed by atoms with E-state index in [9.17, 15) is 0 Å². The number of nitrogens with two attached hydrogens (primary N) is 1. The van der Waals surface area contributed by atoms with Crippen LogP contribution in [0.25, 0.3) is 12.2 Å². The van der Waals surface area contributed by atoms with E-state index >= 15 is 0 Å². The molecule has 0 fully saturated rings. The van der Waals surface area contributed by atoms with Gasteiger partial charge in [0.1, 0.15) is 0 Å². The molecule has 4 rings (SSSR count). The Kier molecular flexibility index (Phi) is 1.69. The summed E-state index contributed by atoms with van der Waals surface area (Å²) < 4.78 is 0. The number of anilines is 1. The van der Waals surface area contributed by atoms with E-state index < -0.39 is 0 Å². The fraction of sp³-hybridized carbons (Fsp3) is 0.176. The molecule has 1 heteroatoms. The van der Waals surface area contributed by atoms with Crippen molar-refractivity contribution in [1.29, 1.82) is 0 Å². The summed E-state index contributed by atoms with van der Waals surface area (Å²) in [7, 11) is 0. The second-order valence-electron chi connectivity index (χ2n) is 5.46. The topological polar surface area (TPSA) is 26.0 Å². The van der Waals surface area contributed by atoms with Crippen molar-refractivity contribution in [3.8, 4) is 0 Å². The van der Waals surface area contributed by atoms with Gasteiger partial charge >= 0.3 is 0 Å². The van der Waals surface area contributed by atoms with Gasteiger partial charge in [-0.05, 0) is 22.8 Å². The van der Waals surface area contributed by atoms with Gasteiger partial charge in [-0.2, -0.15) is 0 Å². The molecule has 18 heavy (non-hydrogen) atoms. The van der Waals surface area contributed by atoms with Gasteiger partial charge in [-0.15, -0.1) is 0 Å². The minimum atomic E-state index is 0.0539. The Bertz CT molecular complexity index is 673. The Labute approximate surface area is 107 Å². The van der Waals surface area contributed by atoms with Crippen molar-refractivity contribution in [2.75, 3.05) is 5.73 Å². The van der Waals surface area contributed by atoms with Crippen LogP contribution in [0.4, 0.5) is 5.69 Å². The second-order valence-corrected chi connectivity index (χ2v) is 5.46. The molecule has 3 aliphatic carbocycles. The van der Waals surface area contributed by atoms with Crippen molar-refractivity contribution in [3.05, 3.63) is 64.8 Å². The third kappa shape index (κ3) is 0.982. The summed E-state index contributed by atoms with van der Waals surface area (Å²) in [5.41, 5.74) is 12.4. The lowest BCUT2D eigenvalue weighted by Crippen LogP contribution is -2.38. The number of allylic oxidation sites excluding steroid dienone is 6. The molecule has 0 aliphatic heterocycles. The first-order valence-corrected chi connectivity index (χ1v) is 6.39. The fourth-order valence-electron chi connectivity index (χ4n) is 3.56. The smallest absolute Gasteiger partial charge is 0.0391 e. The van der Waals surface area contributed by atoms with Crippen molar-refractivity contribution in [1.82, 2.24) is 0 Å². The van der Waals surface area contributed by atoms with E-state index in [0.717, 1.165) is 5.69 Å². The molecule has 2 N–H and O–H groups in total. The van der Waals surface area contributed by atoms with Crippen LogP contribution in [0.5, 0.6) is 0 Å². The summed E-state index contributed by atoms with van der Waals surface area (Å²) >= 11 is 0. The number of rotatable bonds is 0. The van der Waals surface area contributed by atoms with Gasteiger partial charge < -0.3 is 5.73 Å². The highest BCUT2D eigenvalue weighted by molar-refractivity contribution is 5.82. The van der Waals surface area contributed by atoms with Gasteiger partial charge in [0, 0.05) is 22.6 Å². The predicted octanol–water partition coefficient (Wildman–Crippen LogP) is 3.69. The SMILES string of the molecule is CC12C3=CC=CC1C=Cc1ccc(N)c(c12)C=C3. The Hall–Kier alpha value is -2.02. The highest BCUT2D eigenvalue weighted by Gasteiger charge is 2.43. The van der Waals surface area contributed by atoms with Gasteiger partial charge in [0.25, 0.3) is 0 Å². The van der Waals surface area contributed by atoms with Crippen molar-refractivity contribution in [2.24, 2.45) is 5.92 Å². The van der Waals surface area contributed by atoms with Crippen LogP contribution in [-0.2, 0) is 5.41 Å². The quantitative estimate of drug-likeness (QED) is 0.679. The zero-order valence-electron chi connectivity index (χ0n) is 10.4. The standard InChI is InChI=1S/C17H15N/c1-17-12-3-2-4-13(17)8-9-14-15(18)10-6-11(5-7-12)16(14)17/h2-10,12H,18H2,1H3. The van der Waals surface area contributed by atoms with Gasteiger partial charge in [0.05, 0.1) is 0 Å². The normalized spacial score (nSPS) is 30.1. The average Bonchev–Trinajstić information content (AvgIpc) is 2.37. The first kappa shape index (κ1) is 9.95. The molecule has 2 unspecified atom stereocenters. The monoisotopic (exact) mass is 233 g/mol. The maximum atomic E-state index is 6.15. The van der Waals surface area contributed by atoms with E-state index in [0.29, 0.717) is 5.92 Å². The molecule has 0 saturated heterocycles. The van der Waals surface area contributed by atoms with E-state index in [1.165, 1.54) is 22.3 Å². The summed E-state index contributed by atoms with van der Waals surface area (Å²) in [5.74, 6) is 0.440. The van der Waals surface area contributed by atoms with Crippen LogP contribution >= 0.6 is 0 Å². The van der Waals surface area contributed by atoms with E-state index in [1.807, 2.05) is 6.07 Å². The van der Waals surface area contributed by atoms with Crippen molar-refractivity contribution < 1.29 is 0 Å². The van der Waals surface area contributed by atoms with Crippen LogP contribution in [0.1, 0.15) is 23.6 Å². The van der Waals surface area contributed by atoms with E-state index in [-0.39, 0.29) is 5.41 Å². The largest absolute Gasteiger partial charge is 0.398 e. The summed E-state index contributed by atoms with van der Waals surface area (Å²) in [6, 6.07) is 4.15. The summed E-state index contributed by atoms with van der Waals surface area (Å²) in [4.78, 5) is 0. The Balaban J connectivity index is 2.16. The fourth-order valence-corrected chi connectivity index (χ4v) is 3.56. The Morgan fingerprint density at radius 2 is 2.00 bits per heavy atom. The van der Waals surface area contributed by atoms with Crippen LogP contribution < -0.4 is 5.73 Å². The molecule has 0 heterocycles. The molecule has 0 saturated carbocycles. The molecular formula is C17H15N. The predicted molar refractivity (Wildman–Crippen MR) is 77.0 cm³/mol. The van der Waals surface area contributed by atoms with Gasteiger partial charge in [0.2, 0.25) is 0 Å². The summed E-state index contributed by atoms with van der Waals surface area (Å²) in [6.45, 7) is 2.34. The second kappa shape index (κ2) is 3.05. The number of benzene rings is 1. The molecule has 0 radical (unpaired) electrons. The Morgan fingerprint density at radius 3 is 2.89 bits per heavy atom. The molecular weight excluding hydrogens is 218 g/mol. The lowest BCUT2D eigenvalue weighted by Gasteiger charge is -2.45. The lowest BCUT2D eigenvalue weighted by atomic mass is 9.58. The lowest BCUT2D eigenvalue weighted by molar-refractivity contribution is 0.469. The average molecular weight is 233 g/mol. The summed E-state index contributed by atoms with van der Waals surface area (Å²) in [5, 5.41) is 0. The molecule has 0 amide bonds. The van der Waals surface area contributed by atoms with E-state index in [1.54, 1.807) is 0 Å². The van der Waals surface area contributed by atoms with Crippen molar-refractivity contribution in [3.63, 3.8) is 0 Å². The molecule has 1 aromatic rings. The van der Waals surface area contributed by atoms with Crippen LogP contribution in [0.15, 0.2) is 48.1 Å². The molecule has 2 atom stereocenters. The van der Waals surface area contributed by atoms with Gasteiger partial charge in [-0.25, -0.2) is 0 Å². The van der Waals surface area contributed by atoms with Crippen LogP contribution in [-0.4, -0.2) is 0 Å². The van der Waals surface area contributed by atoms with E-state index in [2.05, 4.69) is 55.5 Å². The highest BCUT2D eigenvalue weighted by Crippen LogP contribution is 2.52. The molecule has 0 bridgehead atoms. The maximum Gasteiger partial charge on any atom is 0.0391 e. The van der Waals surface area contributed by atoms with Crippen LogP contribution in [0.3, 0.4) is 0 Å². The third-order valence-corrected chi connectivity index (χ3v) is 4.60. The molecule has 3 aliphatic rings. The zero-order chi connectivity index (χ0) is 12.3. The number of hydrogen-bond acceptors (Lipinski definition) is 1. The van der Waals surface area contributed by atoms with Crippen LogP contribution in [0.2, 0.25) is 0 Å². The van der Waals surface area contributed by atoms with Crippen LogP contribution in [0, 0.1) is 5.92 Å². The van der Waals surface area contributed by atoms with Gasteiger partial charge in [-0.1, -0.05) is 55.5 Å². The molecule has 1 nitrogen and oxygen atoms in total. The molecule has 88 valence electrons. The first-order valence-electron chi connectivity index (χ1n) is 6.39. The first-order chi connectivity index (χ1) is 8.71. The van der Waals surface area contributed by atoms with Crippen molar-refractivity contribution >= 4 is 17.8 Å². The Morgan fingerprint density at radius 1 is 1.11 bits per heavy atom. The van der Waals surface area contributed by atoms with Crippen molar-refractivity contribution in [2.45, 2.75) is 12.3 Å². The zero-order valence-corrected chi connectivity index (χ0v) is 10.4. The maximum absolute atomic E-state index is 6.15. The third-order valence-electron chi connectivity index (χ3n) is 4.60. The minimum absolute atomic E-state index is 0.0539. The highest BCUT2D eigenvalue weighted by atomic mass is 14.6. The molecule has 0 spiro atoms. The molecule has 1 aromatic carbocycles. The van der Waals surface area contributed by atoms with E-state index in [4.69, 9.17) is 5.73 Å². The van der Waals surface area contributed by atoms with Gasteiger partial charge in [-0.3, -0.25) is 0 Å².